The van der Waals surface area contributed by atoms with Crippen molar-refractivity contribution in [1.82, 2.24) is 0 Å². The number of nitrogens with one attached hydrogen (secondary N) is 1. The summed E-state index contributed by atoms with van der Waals surface area (Å²) in [5, 5.41) is 2.99. The second-order valence-electron chi connectivity index (χ2n) is 6.53. The minimum absolute atomic E-state index is 0.145. The Morgan fingerprint density at radius 3 is 2.33 bits per heavy atom. The van der Waals surface area contributed by atoms with E-state index >= 15 is 0 Å². The standard InChI is InChI=1S/C19H20Cl2N2O/c1-18(13-19(18,20)21)17(24)22-15-10-6-7-11-16(15)23(2)12-14-8-4-3-5-9-14/h3-11H,12-13H2,1-2H3,(H,22,24). The number of rotatable bonds is 5. The van der Waals surface area contributed by atoms with Crippen molar-refractivity contribution in [3.05, 3.63) is 60.2 Å². The van der Waals surface area contributed by atoms with E-state index in [4.69, 9.17) is 23.2 Å². The lowest BCUT2D eigenvalue weighted by Crippen LogP contribution is -2.27. The number of alkyl halides is 2. The van der Waals surface area contributed by atoms with E-state index in [-0.39, 0.29) is 5.91 Å². The maximum absolute atomic E-state index is 12.5. The first kappa shape index (κ1) is 17.1. The molecule has 2 aromatic carbocycles. The molecule has 1 aliphatic rings. The van der Waals surface area contributed by atoms with Crippen molar-refractivity contribution in [3.63, 3.8) is 0 Å². The largest absolute Gasteiger partial charge is 0.369 e. The topological polar surface area (TPSA) is 32.3 Å². The molecule has 1 amide bonds. The number of nitrogens with zero attached hydrogens (tertiary/aromatic N) is 1. The molecule has 1 saturated carbocycles. The molecule has 126 valence electrons. The molecule has 0 saturated heterocycles. The van der Waals surface area contributed by atoms with Crippen molar-refractivity contribution in [3.8, 4) is 0 Å². The number of anilines is 2. The van der Waals surface area contributed by atoms with Gasteiger partial charge in [-0.1, -0.05) is 42.5 Å². The van der Waals surface area contributed by atoms with Crippen LogP contribution in [0.15, 0.2) is 54.6 Å². The Morgan fingerprint density at radius 1 is 1.12 bits per heavy atom. The zero-order chi connectivity index (χ0) is 17.4. The van der Waals surface area contributed by atoms with Crippen molar-refractivity contribution < 1.29 is 4.79 Å². The summed E-state index contributed by atoms with van der Waals surface area (Å²) in [6.07, 6.45) is 0.469. The number of halogens is 2. The van der Waals surface area contributed by atoms with E-state index in [0.717, 1.165) is 17.9 Å². The Hall–Kier alpha value is -1.71. The highest BCUT2D eigenvalue weighted by Gasteiger charge is 2.67. The molecule has 0 radical (unpaired) electrons. The normalized spacial score (nSPS) is 21.2. The molecule has 0 aromatic heterocycles. The molecule has 1 aliphatic carbocycles. The van der Waals surface area contributed by atoms with E-state index < -0.39 is 9.75 Å². The second kappa shape index (κ2) is 6.30. The molecule has 1 unspecified atom stereocenters. The number of hydrogen-bond donors (Lipinski definition) is 1. The minimum Gasteiger partial charge on any atom is -0.369 e. The lowest BCUT2D eigenvalue weighted by molar-refractivity contribution is -0.120. The highest BCUT2D eigenvalue weighted by molar-refractivity contribution is 6.53. The monoisotopic (exact) mass is 362 g/mol. The highest BCUT2D eigenvalue weighted by atomic mass is 35.5. The second-order valence-corrected chi connectivity index (χ2v) is 8.01. The van der Waals surface area contributed by atoms with Gasteiger partial charge in [0.05, 0.1) is 16.8 Å². The van der Waals surface area contributed by atoms with Gasteiger partial charge in [0.2, 0.25) is 5.91 Å². The predicted octanol–water partition coefficient (Wildman–Crippen LogP) is 4.85. The van der Waals surface area contributed by atoms with Gasteiger partial charge in [0.1, 0.15) is 4.33 Å². The average Bonchev–Trinajstić information content (AvgIpc) is 3.08. The highest BCUT2D eigenvalue weighted by Crippen LogP contribution is 2.64. The van der Waals surface area contributed by atoms with Crippen LogP contribution in [0.1, 0.15) is 18.9 Å². The molecule has 1 atom stereocenters. The van der Waals surface area contributed by atoms with Crippen LogP contribution in [0.2, 0.25) is 0 Å². The summed E-state index contributed by atoms with van der Waals surface area (Å²) >= 11 is 12.2. The first-order chi connectivity index (χ1) is 11.3. The van der Waals surface area contributed by atoms with E-state index in [1.165, 1.54) is 5.56 Å². The maximum Gasteiger partial charge on any atom is 0.233 e. The predicted molar refractivity (Wildman–Crippen MR) is 101 cm³/mol. The molecule has 24 heavy (non-hydrogen) atoms. The molecule has 0 spiro atoms. The van der Waals surface area contributed by atoms with E-state index in [9.17, 15) is 4.79 Å². The van der Waals surface area contributed by atoms with Crippen molar-refractivity contribution in [1.29, 1.82) is 0 Å². The molecule has 0 heterocycles. The zero-order valence-corrected chi connectivity index (χ0v) is 15.2. The third-order valence-corrected chi connectivity index (χ3v) is 5.69. The van der Waals surface area contributed by atoms with Gasteiger partial charge < -0.3 is 10.2 Å². The van der Waals surface area contributed by atoms with Gasteiger partial charge in [0.15, 0.2) is 0 Å². The zero-order valence-electron chi connectivity index (χ0n) is 13.7. The van der Waals surface area contributed by atoms with Crippen molar-refractivity contribution in [2.75, 3.05) is 17.3 Å². The van der Waals surface area contributed by atoms with Crippen LogP contribution >= 0.6 is 23.2 Å². The number of hydrogen-bond acceptors (Lipinski definition) is 2. The van der Waals surface area contributed by atoms with Crippen LogP contribution < -0.4 is 10.2 Å². The lowest BCUT2D eigenvalue weighted by atomic mass is 10.1. The van der Waals surface area contributed by atoms with Crippen LogP contribution in [0, 0.1) is 5.41 Å². The van der Waals surface area contributed by atoms with Crippen LogP contribution in [0.3, 0.4) is 0 Å². The summed E-state index contributed by atoms with van der Waals surface area (Å²) in [7, 11) is 2.00. The first-order valence-corrected chi connectivity index (χ1v) is 8.62. The quantitative estimate of drug-likeness (QED) is 0.771. The summed E-state index contributed by atoms with van der Waals surface area (Å²) in [5.41, 5.74) is 2.18. The van der Waals surface area contributed by atoms with E-state index in [1.807, 2.05) is 49.5 Å². The maximum atomic E-state index is 12.5. The van der Waals surface area contributed by atoms with E-state index in [0.29, 0.717) is 6.42 Å². The summed E-state index contributed by atoms with van der Waals surface area (Å²) in [6.45, 7) is 2.54. The van der Waals surface area contributed by atoms with Gasteiger partial charge >= 0.3 is 0 Å². The number of carbonyl (C=O) groups excluding carboxylic acids is 1. The fourth-order valence-electron chi connectivity index (χ4n) is 2.76. The van der Waals surface area contributed by atoms with Crippen LogP contribution in [0.25, 0.3) is 0 Å². The van der Waals surface area contributed by atoms with Crippen LogP contribution in [0.4, 0.5) is 11.4 Å². The first-order valence-electron chi connectivity index (χ1n) is 7.87. The Morgan fingerprint density at radius 2 is 1.71 bits per heavy atom. The Bertz CT molecular complexity index is 748. The Labute approximate surface area is 152 Å². The molecule has 3 rings (SSSR count). The van der Waals surface area contributed by atoms with Crippen LogP contribution in [-0.4, -0.2) is 17.3 Å². The van der Waals surface area contributed by atoms with Gasteiger partial charge in [-0.15, -0.1) is 23.2 Å². The average molecular weight is 363 g/mol. The van der Waals surface area contributed by atoms with Crippen molar-refractivity contribution in [2.45, 2.75) is 24.2 Å². The summed E-state index contributed by atoms with van der Waals surface area (Å²) in [4.78, 5) is 14.7. The van der Waals surface area contributed by atoms with E-state index in [2.05, 4.69) is 22.3 Å². The number of carbonyl (C=O) groups is 1. The molecule has 1 fully saturated rings. The van der Waals surface area contributed by atoms with Gasteiger partial charge in [-0.3, -0.25) is 4.79 Å². The summed E-state index contributed by atoms with van der Waals surface area (Å²) < 4.78 is -0.970. The van der Waals surface area contributed by atoms with Gasteiger partial charge in [-0.05, 0) is 31.0 Å². The van der Waals surface area contributed by atoms with Crippen LogP contribution in [0.5, 0.6) is 0 Å². The minimum atomic E-state index is -0.970. The third kappa shape index (κ3) is 3.24. The molecular weight excluding hydrogens is 343 g/mol. The van der Waals surface area contributed by atoms with Crippen molar-refractivity contribution >= 4 is 40.5 Å². The fraction of sp³-hybridized carbons (Fsp3) is 0.316. The molecular formula is C19H20Cl2N2O. The Kier molecular flexibility index (Phi) is 4.50. The smallest absolute Gasteiger partial charge is 0.233 e. The number of para-hydroxylation sites is 2. The molecule has 1 N–H and O–H groups in total. The summed E-state index contributed by atoms with van der Waals surface area (Å²) in [6, 6.07) is 17.9. The molecule has 3 nitrogen and oxygen atoms in total. The van der Waals surface area contributed by atoms with Gasteiger partial charge in [-0.25, -0.2) is 0 Å². The van der Waals surface area contributed by atoms with Crippen molar-refractivity contribution in [2.24, 2.45) is 5.41 Å². The SMILES string of the molecule is CN(Cc1ccccc1)c1ccccc1NC(=O)C1(C)CC1(Cl)Cl. The van der Waals surface area contributed by atoms with Gasteiger partial charge in [-0.2, -0.15) is 0 Å². The van der Waals surface area contributed by atoms with Gasteiger partial charge in [0, 0.05) is 13.6 Å². The molecule has 5 heteroatoms. The molecule has 2 aromatic rings. The van der Waals surface area contributed by atoms with E-state index in [1.54, 1.807) is 6.92 Å². The fourth-order valence-corrected chi connectivity index (χ4v) is 3.47. The Balaban J connectivity index is 1.77. The molecule has 0 aliphatic heterocycles. The number of amides is 1. The molecule has 0 bridgehead atoms. The third-order valence-electron chi connectivity index (χ3n) is 4.59. The summed E-state index contributed by atoms with van der Waals surface area (Å²) in [5.74, 6) is -0.145. The van der Waals surface area contributed by atoms with Gasteiger partial charge in [0.25, 0.3) is 0 Å². The van der Waals surface area contributed by atoms with Crippen LogP contribution in [-0.2, 0) is 11.3 Å². The lowest BCUT2D eigenvalue weighted by Gasteiger charge is -2.23. The number of benzene rings is 2.